The molecule has 2 heteroatoms. The summed E-state index contributed by atoms with van der Waals surface area (Å²) in [6.07, 6.45) is 3.86. The highest BCUT2D eigenvalue weighted by atomic mass is 16.5. The van der Waals surface area contributed by atoms with E-state index in [0.717, 1.165) is 38.6 Å². The number of ether oxygens (including phenoxy) is 1. The van der Waals surface area contributed by atoms with Crippen molar-refractivity contribution in [1.29, 1.82) is 0 Å². The van der Waals surface area contributed by atoms with Gasteiger partial charge in [-0.05, 0) is 48.3 Å². The van der Waals surface area contributed by atoms with Gasteiger partial charge in [0.05, 0.1) is 0 Å². The number of hydrogen-bond donors (Lipinski definition) is 1. The van der Waals surface area contributed by atoms with Gasteiger partial charge in [0.1, 0.15) is 0 Å². The van der Waals surface area contributed by atoms with Gasteiger partial charge in [-0.2, -0.15) is 0 Å². The molecule has 1 N–H and O–H groups in total. The summed E-state index contributed by atoms with van der Waals surface area (Å²) in [5, 5.41) is 3.48. The van der Waals surface area contributed by atoms with Crippen molar-refractivity contribution in [3.63, 3.8) is 0 Å². The predicted octanol–water partition coefficient (Wildman–Crippen LogP) is 3.89. The van der Waals surface area contributed by atoms with E-state index < -0.39 is 0 Å². The van der Waals surface area contributed by atoms with E-state index in [9.17, 15) is 0 Å². The minimum absolute atomic E-state index is 0.241. The zero-order chi connectivity index (χ0) is 14.4. The average molecular weight is 275 g/mol. The Morgan fingerprint density at radius 3 is 2.45 bits per heavy atom. The molecule has 1 aromatic carbocycles. The second-order valence-electron chi connectivity index (χ2n) is 7.00. The summed E-state index contributed by atoms with van der Waals surface area (Å²) >= 11 is 0. The fourth-order valence-electron chi connectivity index (χ4n) is 2.19. The van der Waals surface area contributed by atoms with Crippen LogP contribution in [0.25, 0.3) is 0 Å². The van der Waals surface area contributed by atoms with Crippen LogP contribution in [-0.4, -0.2) is 19.8 Å². The summed E-state index contributed by atoms with van der Waals surface area (Å²) in [4.78, 5) is 0. The first-order chi connectivity index (χ1) is 9.55. The Labute approximate surface area is 123 Å². The molecular formula is C18H29NO. The van der Waals surface area contributed by atoms with Crippen molar-refractivity contribution in [3.05, 3.63) is 35.4 Å². The van der Waals surface area contributed by atoms with Crippen molar-refractivity contribution in [1.82, 2.24) is 5.32 Å². The number of hydrogen-bond acceptors (Lipinski definition) is 2. The van der Waals surface area contributed by atoms with Crippen molar-refractivity contribution < 1.29 is 4.74 Å². The van der Waals surface area contributed by atoms with Crippen LogP contribution < -0.4 is 5.32 Å². The third-order valence-electron chi connectivity index (χ3n) is 3.84. The predicted molar refractivity (Wildman–Crippen MR) is 85.0 cm³/mol. The van der Waals surface area contributed by atoms with Crippen molar-refractivity contribution >= 4 is 0 Å². The van der Waals surface area contributed by atoms with Crippen LogP contribution in [0.1, 0.15) is 51.2 Å². The van der Waals surface area contributed by atoms with Crippen LogP contribution in [0.4, 0.5) is 0 Å². The third-order valence-corrected chi connectivity index (χ3v) is 3.84. The summed E-state index contributed by atoms with van der Waals surface area (Å²) < 4.78 is 5.62. The fraction of sp³-hybridized carbons (Fsp3) is 0.667. The molecule has 1 aromatic rings. The largest absolute Gasteiger partial charge is 0.381 e. The molecule has 0 radical (unpaired) electrons. The van der Waals surface area contributed by atoms with Gasteiger partial charge in [-0.3, -0.25) is 0 Å². The SMILES string of the molecule is CC(C)(C)c1ccc(CNCCCOCC2CC2)cc1. The molecule has 1 aliphatic carbocycles. The molecular weight excluding hydrogens is 246 g/mol. The highest BCUT2D eigenvalue weighted by molar-refractivity contribution is 5.27. The Morgan fingerprint density at radius 2 is 1.85 bits per heavy atom. The summed E-state index contributed by atoms with van der Waals surface area (Å²) in [6, 6.07) is 8.96. The standard InChI is InChI=1S/C18H29NO/c1-18(2,3)17-9-7-15(8-10-17)13-19-11-4-12-20-14-16-5-6-16/h7-10,16,19H,4-6,11-14H2,1-3H3. The van der Waals surface area contributed by atoms with E-state index in [1.807, 2.05) is 0 Å². The van der Waals surface area contributed by atoms with E-state index in [0.29, 0.717) is 0 Å². The molecule has 20 heavy (non-hydrogen) atoms. The zero-order valence-electron chi connectivity index (χ0n) is 13.2. The minimum Gasteiger partial charge on any atom is -0.381 e. The van der Waals surface area contributed by atoms with E-state index in [1.165, 1.54) is 24.0 Å². The van der Waals surface area contributed by atoms with Gasteiger partial charge in [-0.25, -0.2) is 0 Å². The van der Waals surface area contributed by atoms with Gasteiger partial charge < -0.3 is 10.1 Å². The summed E-state index contributed by atoms with van der Waals surface area (Å²) in [7, 11) is 0. The number of nitrogens with one attached hydrogen (secondary N) is 1. The number of rotatable bonds is 8. The molecule has 0 heterocycles. The lowest BCUT2D eigenvalue weighted by Crippen LogP contribution is -2.17. The molecule has 0 atom stereocenters. The second kappa shape index (κ2) is 7.24. The van der Waals surface area contributed by atoms with E-state index in [-0.39, 0.29) is 5.41 Å². The van der Waals surface area contributed by atoms with Gasteiger partial charge in [-0.1, -0.05) is 45.0 Å². The van der Waals surface area contributed by atoms with Gasteiger partial charge in [-0.15, -0.1) is 0 Å². The van der Waals surface area contributed by atoms with Crippen LogP contribution in [0.3, 0.4) is 0 Å². The Balaban J connectivity index is 1.56. The molecule has 0 saturated heterocycles. The second-order valence-corrected chi connectivity index (χ2v) is 7.00. The Hall–Kier alpha value is -0.860. The molecule has 0 amide bonds. The van der Waals surface area contributed by atoms with Gasteiger partial charge in [0.15, 0.2) is 0 Å². The minimum atomic E-state index is 0.241. The van der Waals surface area contributed by atoms with Crippen molar-refractivity contribution in [2.75, 3.05) is 19.8 Å². The molecule has 1 aliphatic rings. The van der Waals surface area contributed by atoms with Crippen LogP contribution in [0, 0.1) is 5.92 Å². The molecule has 1 fully saturated rings. The first-order valence-electron chi connectivity index (χ1n) is 7.93. The summed E-state index contributed by atoms with van der Waals surface area (Å²) in [5.41, 5.74) is 3.00. The Morgan fingerprint density at radius 1 is 1.15 bits per heavy atom. The van der Waals surface area contributed by atoms with E-state index in [4.69, 9.17) is 4.74 Å². The molecule has 1 saturated carbocycles. The van der Waals surface area contributed by atoms with Gasteiger partial charge in [0.2, 0.25) is 0 Å². The lowest BCUT2D eigenvalue weighted by molar-refractivity contribution is 0.122. The molecule has 112 valence electrons. The summed E-state index contributed by atoms with van der Waals surface area (Å²) in [6.45, 7) is 10.6. The molecule has 0 spiro atoms. The molecule has 0 bridgehead atoms. The van der Waals surface area contributed by atoms with Crippen LogP contribution >= 0.6 is 0 Å². The van der Waals surface area contributed by atoms with Crippen LogP contribution in [0.5, 0.6) is 0 Å². The average Bonchev–Trinajstić information content (AvgIpc) is 3.21. The zero-order valence-corrected chi connectivity index (χ0v) is 13.2. The Kier molecular flexibility index (Phi) is 5.62. The van der Waals surface area contributed by atoms with Gasteiger partial charge in [0, 0.05) is 19.8 Å². The Bertz CT molecular complexity index is 387. The van der Waals surface area contributed by atoms with Crippen LogP contribution in [-0.2, 0) is 16.7 Å². The maximum atomic E-state index is 5.62. The van der Waals surface area contributed by atoms with Crippen LogP contribution in [0.15, 0.2) is 24.3 Å². The van der Waals surface area contributed by atoms with E-state index in [2.05, 4.69) is 50.4 Å². The van der Waals surface area contributed by atoms with E-state index >= 15 is 0 Å². The van der Waals surface area contributed by atoms with Crippen molar-refractivity contribution in [2.24, 2.45) is 5.92 Å². The lowest BCUT2D eigenvalue weighted by atomic mass is 9.87. The molecule has 0 unspecified atom stereocenters. The van der Waals surface area contributed by atoms with Gasteiger partial charge in [0.25, 0.3) is 0 Å². The molecule has 2 nitrogen and oxygen atoms in total. The fourth-order valence-corrected chi connectivity index (χ4v) is 2.19. The first kappa shape index (κ1) is 15.5. The smallest absolute Gasteiger partial charge is 0.0494 e. The van der Waals surface area contributed by atoms with Gasteiger partial charge >= 0.3 is 0 Å². The maximum Gasteiger partial charge on any atom is 0.0494 e. The normalized spacial score (nSPS) is 15.6. The highest BCUT2D eigenvalue weighted by Gasteiger charge is 2.20. The maximum absolute atomic E-state index is 5.62. The molecule has 2 rings (SSSR count). The lowest BCUT2D eigenvalue weighted by Gasteiger charge is -2.19. The van der Waals surface area contributed by atoms with Crippen LogP contribution in [0.2, 0.25) is 0 Å². The third kappa shape index (κ3) is 5.64. The molecule has 0 aliphatic heterocycles. The first-order valence-corrected chi connectivity index (χ1v) is 7.93. The summed E-state index contributed by atoms with van der Waals surface area (Å²) in [5.74, 6) is 0.879. The molecule has 0 aromatic heterocycles. The van der Waals surface area contributed by atoms with Crippen molar-refractivity contribution in [2.45, 2.75) is 52.0 Å². The topological polar surface area (TPSA) is 21.3 Å². The quantitative estimate of drug-likeness (QED) is 0.727. The number of benzene rings is 1. The highest BCUT2D eigenvalue weighted by Crippen LogP contribution is 2.28. The monoisotopic (exact) mass is 275 g/mol. The van der Waals surface area contributed by atoms with Crippen molar-refractivity contribution in [3.8, 4) is 0 Å². The van der Waals surface area contributed by atoms with E-state index in [1.54, 1.807) is 0 Å².